The Hall–Kier alpha value is -1.32. The van der Waals surface area contributed by atoms with Gasteiger partial charge in [-0.25, -0.2) is 13.2 Å². The molecule has 0 unspecified atom stereocenters. The summed E-state index contributed by atoms with van der Waals surface area (Å²) in [6.45, 7) is 1.39. The van der Waals surface area contributed by atoms with Crippen LogP contribution in [0.5, 0.6) is 0 Å². The summed E-state index contributed by atoms with van der Waals surface area (Å²) in [6, 6.07) is 0.773. The molecular weight excluding hydrogens is 283 g/mol. The molecule has 106 valence electrons. The Bertz CT molecular complexity index is 574. The van der Waals surface area contributed by atoms with Gasteiger partial charge in [0.05, 0.1) is 5.69 Å². The Morgan fingerprint density at radius 2 is 1.63 bits per heavy atom. The molecule has 1 aliphatic heterocycles. The van der Waals surface area contributed by atoms with E-state index in [1.165, 1.54) is 0 Å². The molecule has 0 aliphatic carbocycles. The second kappa shape index (κ2) is 5.35. The molecule has 19 heavy (non-hydrogen) atoms. The molecule has 0 radical (unpaired) electrons. The molecule has 2 rings (SSSR count). The summed E-state index contributed by atoms with van der Waals surface area (Å²) in [5, 5.41) is 2.96. The van der Waals surface area contributed by atoms with E-state index < -0.39 is 33.3 Å². The standard InChI is InChI=1S/C10H12F3N3O2S/c11-7-5-9(13)10(6-8(7)12)15-19(17,18)16-3-1-14-2-4-16/h5-6,14-15H,1-4H2. The molecule has 1 saturated heterocycles. The van der Waals surface area contributed by atoms with Gasteiger partial charge in [0.25, 0.3) is 0 Å². The molecule has 2 N–H and O–H groups in total. The Morgan fingerprint density at radius 3 is 2.26 bits per heavy atom. The molecule has 0 saturated carbocycles. The van der Waals surface area contributed by atoms with Crippen LogP contribution in [0.2, 0.25) is 0 Å². The molecule has 0 bridgehead atoms. The first-order chi connectivity index (χ1) is 8.90. The minimum atomic E-state index is -3.97. The third-order valence-corrected chi connectivity index (χ3v) is 4.19. The van der Waals surface area contributed by atoms with Crippen LogP contribution in [0.3, 0.4) is 0 Å². The van der Waals surface area contributed by atoms with Gasteiger partial charge in [0.1, 0.15) is 5.82 Å². The molecule has 0 amide bonds. The lowest BCUT2D eigenvalue weighted by atomic mass is 10.3. The van der Waals surface area contributed by atoms with Gasteiger partial charge in [-0.2, -0.15) is 12.7 Å². The van der Waals surface area contributed by atoms with Crippen LogP contribution in [0.25, 0.3) is 0 Å². The van der Waals surface area contributed by atoms with E-state index >= 15 is 0 Å². The molecule has 5 nitrogen and oxygen atoms in total. The predicted molar refractivity (Wildman–Crippen MR) is 63.3 cm³/mol. The lowest BCUT2D eigenvalue weighted by Gasteiger charge is -2.26. The fourth-order valence-corrected chi connectivity index (χ4v) is 2.92. The normalized spacial score (nSPS) is 17.4. The third kappa shape index (κ3) is 3.17. The number of benzene rings is 1. The number of piperazine rings is 1. The van der Waals surface area contributed by atoms with Gasteiger partial charge in [-0.1, -0.05) is 0 Å². The monoisotopic (exact) mass is 295 g/mol. The maximum Gasteiger partial charge on any atom is 0.301 e. The summed E-state index contributed by atoms with van der Waals surface area (Å²) < 4.78 is 65.9. The minimum absolute atomic E-state index is 0.223. The second-order valence-corrected chi connectivity index (χ2v) is 5.67. The average Bonchev–Trinajstić information content (AvgIpc) is 2.37. The zero-order chi connectivity index (χ0) is 14.0. The molecule has 0 atom stereocenters. The van der Waals surface area contributed by atoms with Gasteiger partial charge in [0.15, 0.2) is 11.6 Å². The quantitative estimate of drug-likeness (QED) is 0.806. The maximum absolute atomic E-state index is 13.4. The highest BCUT2D eigenvalue weighted by Crippen LogP contribution is 2.20. The molecule has 9 heteroatoms. The molecular formula is C10H12F3N3O2S. The van der Waals surface area contributed by atoms with E-state index in [4.69, 9.17) is 0 Å². The summed E-state index contributed by atoms with van der Waals surface area (Å²) >= 11 is 0. The van der Waals surface area contributed by atoms with Crippen LogP contribution in [0, 0.1) is 17.5 Å². The number of nitrogens with zero attached hydrogens (tertiary/aromatic N) is 1. The van der Waals surface area contributed by atoms with Gasteiger partial charge < -0.3 is 5.32 Å². The van der Waals surface area contributed by atoms with Crippen molar-refractivity contribution in [3.8, 4) is 0 Å². The van der Waals surface area contributed by atoms with Crippen LogP contribution in [0.4, 0.5) is 18.9 Å². The van der Waals surface area contributed by atoms with Crippen LogP contribution in [-0.2, 0) is 10.2 Å². The van der Waals surface area contributed by atoms with Crippen molar-refractivity contribution in [1.29, 1.82) is 0 Å². The third-order valence-electron chi connectivity index (χ3n) is 2.66. The molecule has 1 aromatic rings. The fourth-order valence-electron chi connectivity index (χ4n) is 1.69. The van der Waals surface area contributed by atoms with Gasteiger partial charge in [-0.3, -0.25) is 4.72 Å². The highest BCUT2D eigenvalue weighted by atomic mass is 32.2. The van der Waals surface area contributed by atoms with Gasteiger partial charge in [-0.15, -0.1) is 0 Å². The van der Waals surface area contributed by atoms with E-state index in [2.05, 4.69) is 5.32 Å². The van der Waals surface area contributed by atoms with Crippen LogP contribution in [0.1, 0.15) is 0 Å². The van der Waals surface area contributed by atoms with Crippen LogP contribution in [0.15, 0.2) is 12.1 Å². The van der Waals surface area contributed by atoms with Gasteiger partial charge >= 0.3 is 10.2 Å². The Morgan fingerprint density at radius 1 is 1.05 bits per heavy atom. The van der Waals surface area contributed by atoms with E-state index in [1.807, 2.05) is 4.72 Å². The first-order valence-electron chi connectivity index (χ1n) is 5.53. The van der Waals surface area contributed by atoms with Gasteiger partial charge in [-0.05, 0) is 0 Å². The molecule has 0 aromatic heterocycles. The Balaban J connectivity index is 2.22. The van der Waals surface area contributed by atoms with Crippen molar-refractivity contribution in [1.82, 2.24) is 9.62 Å². The zero-order valence-electron chi connectivity index (χ0n) is 9.79. The van der Waals surface area contributed by atoms with Gasteiger partial charge in [0.2, 0.25) is 0 Å². The molecule has 0 spiro atoms. The topological polar surface area (TPSA) is 61.4 Å². The lowest BCUT2D eigenvalue weighted by molar-refractivity contribution is 0.362. The predicted octanol–water partition coefficient (Wildman–Crippen LogP) is 0.666. The molecule has 1 aliphatic rings. The van der Waals surface area contributed by atoms with Crippen molar-refractivity contribution in [2.45, 2.75) is 0 Å². The number of hydrogen-bond acceptors (Lipinski definition) is 3. The zero-order valence-corrected chi connectivity index (χ0v) is 10.6. The second-order valence-electron chi connectivity index (χ2n) is 4.00. The Kier molecular flexibility index (Phi) is 3.97. The molecule has 1 fully saturated rings. The first-order valence-corrected chi connectivity index (χ1v) is 6.97. The summed E-state index contributed by atoms with van der Waals surface area (Å²) in [5.74, 6) is -3.86. The fraction of sp³-hybridized carbons (Fsp3) is 0.400. The van der Waals surface area contributed by atoms with E-state index in [1.54, 1.807) is 0 Å². The van der Waals surface area contributed by atoms with Crippen molar-refractivity contribution >= 4 is 15.9 Å². The summed E-state index contributed by atoms with van der Waals surface area (Å²) in [6.07, 6.45) is 0. The SMILES string of the molecule is O=S(=O)(Nc1cc(F)c(F)cc1F)N1CCNCC1. The Labute approximate surface area is 108 Å². The van der Waals surface area contributed by atoms with Crippen molar-refractivity contribution in [3.63, 3.8) is 0 Å². The van der Waals surface area contributed by atoms with E-state index in [0.717, 1.165) is 4.31 Å². The van der Waals surface area contributed by atoms with E-state index in [9.17, 15) is 21.6 Å². The van der Waals surface area contributed by atoms with Crippen molar-refractivity contribution < 1.29 is 21.6 Å². The van der Waals surface area contributed by atoms with E-state index in [-0.39, 0.29) is 13.1 Å². The summed E-state index contributed by atoms with van der Waals surface area (Å²) in [7, 11) is -3.97. The number of rotatable bonds is 3. The number of nitrogens with one attached hydrogen (secondary N) is 2. The summed E-state index contributed by atoms with van der Waals surface area (Å²) in [5.41, 5.74) is -0.613. The van der Waals surface area contributed by atoms with E-state index in [0.29, 0.717) is 25.2 Å². The first kappa shape index (κ1) is 14.1. The average molecular weight is 295 g/mol. The van der Waals surface area contributed by atoms with Crippen LogP contribution in [-0.4, -0.2) is 38.9 Å². The van der Waals surface area contributed by atoms with Crippen molar-refractivity contribution in [2.75, 3.05) is 30.9 Å². The lowest BCUT2D eigenvalue weighted by Crippen LogP contribution is -2.48. The number of halogens is 3. The molecule has 1 aromatic carbocycles. The molecule has 1 heterocycles. The minimum Gasteiger partial charge on any atom is -0.314 e. The maximum atomic E-state index is 13.4. The summed E-state index contributed by atoms with van der Waals surface area (Å²) in [4.78, 5) is 0. The highest BCUT2D eigenvalue weighted by molar-refractivity contribution is 7.90. The number of anilines is 1. The van der Waals surface area contributed by atoms with Crippen molar-refractivity contribution in [3.05, 3.63) is 29.6 Å². The highest BCUT2D eigenvalue weighted by Gasteiger charge is 2.25. The van der Waals surface area contributed by atoms with Gasteiger partial charge in [0, 0.05) is 38.3 Å². The number of hydrogen-bond donors (Lipinski definition) is 2. The van der Waals surface area contributed by atoms with Crippen LogP contribution < -0.4 is 10.0 Å². The van der Waals surface area contributed by atoms with Crippen LogP contribution >= 0.6 is 0 Å². The smallest absolute Gasteiger partial charge is 0.301 e. The van der Waals surface area contributed by atoms with Crippen molar-refractivity contribution in [2.24, 2.45) is 0 Å². The largest absolute Gasteiger partial charge is 0.314 e.